The van der Waals surface area contributed by atoms with E-state index in [1.165, 1.54) is 16.8 Å². The summed E-state index contributed by atoms with van der Waals surface area (Å²) in [5.41, 5.74) is 5.76. The zero-order chi connectivity index (χ0) is 13.3. The molecule has 0 unspecified atom stereocenters. The van der Waals surface area contributed by atoms with Crippen LogP contribution < -0.4 is 0 Å². The van der Waals surface area contributed by atoms with Gasteiger partial charge in [0.2, 0.25) is 0 Å². The fraction of sp³-hybridized carbons (Fsp3) is 0.667. The minimum atomic E-state index is 0. The molecular weight excluding hydrogens is 221 g/mol. The van der Waals surface area contributed by atoms with Crippen LogP contribution in [0.25, 0.3) is 0 Å². The minimum Gasteiger partial charge on any atom is -1.00 e. The van der Waals surface area contributed by atoms with E-state index < -0.39 is 0 Å². The van der Waals surface area contributed by atoms with Crippen LogP contribution in [0.3, 0.4) is 0 Å². The third-order valence-electron chi connectivity index (χ3n) is 2.90. The molecule has 0 aliphatic heterocycles. The number of aromatic nitrogens is 1. The van der Waals surface area contributed by atoms with E-state index in [0.717, 1.165) is 40.9 Å². The molecule has 0 aromatic carbocycles. The second-order valence-corrected chi connectivity index (χ2v) is 5.33. The first-order valence-electron chi connectivity index (χ1n) is 6.92. The van der Waals surface area contributed by atoms with E-state index >= 15 is 0 Å². The first-order chi connectivity index (χ1) is 8.19. The topological polar surface area (TPSA) is 12.9 Å². The second kappa shape index (κ2) is 9.69. The van der Waals surface area contributed by atoms with Gasteiger partial charge in [-0.1, -0.05) is 27.7 Å². The quantitative estimate of drug-likeness (QED) is 0.728. The van der Waals surface area contributed by atoms with Gasteiger partial charge in [-0.05, 0) is 42.4 Å². The van der Waals surface area contributed by atoms with Crippen molar-refractivity contribution >= 4 is 15.2 Å². The summed E-state index contributed by atoms with van der Waals surface area (Å²) in [4.78, 5) is 4.55. The van der Waals surface area contributed by atoms with Gasteiger partial charge in [0.1, 0.15) is 0 Å². The largest absolute Gasteiger partial charge is 1.00 e. The van der Waals surface area contributed by atoms with Crippen molar-refractivity contribution in [1.82, 2.24) is 4.98 Å². The van der Waals surface area contributed by atoms with E-state index in [0.29, 0.717) is 0 Å². The van der Waals surface area contributed by atoms with E-state index in [1.54, 1.807) is 5.56 Å². The van der Waals surface area contributed by atoms with Crippen LogP contribution in [-0.2, 0) is 25.7 Å². The molecule has 2 heteroatoms. The normalized spacial score (nSPS) is 9.29. The maximum absolute atomic E-state index is 4.55. The Balaban J connectivity index is 0. The Hall–Kier alpha value is -0.318. The molecule has 0 atom stereocenters. The van der Waals surface area contributed by atoms with Crippen molar-refractivity contribution in [2.45, 2.75) is 64.9 Å². The summed E-state index contributed by atoms with van der Waals surface area (Å²) in [5, 5.41) is 0. The monoisotopic (exact) mass is 249 g/mol. The van der Waals surface area contributed by atoms with Gasteiger partial charge in [-0.25, -0.2) is 0 Å². The summed E-state index contributed by atoms with van der Waals surface area (Å²) in [5.74, 6) is 4.42. The molecule has 0 saturated heterocycles. The van der Waals surface area contributed by atoms with Crippen LogP contribution in [0, 0.1) is 0 Å². The van der Waals surface area contributed by atoms with Crippen LogP contribution in [0.15, 0.2) is 6.20 Å². The Kier molecular flexibility index (Phi) is 9.51. The zero-order valence-electron chi connectivity index (χ0n) is 13.4. The van der Waals surface area contributed by atoms with Gasteiger partial charge < -0.3 is 1.43 Å². The molecule has 0 N–H and O–H groups in total. The van der Waals surface area contributed by atoms with Crippen LogP contribution in [-0.4, -0.2) is 20.2 Å². The number of hydrogen-bond acceptors (Lipinski definition) is 1. The molecule has 0 fully saturated rings. The summed E-state index contributed by atoms with van der Waals surface area (Å²) < 4.78 is 0. The molecular formula is C15H28AlN. The van der Waals surface area contributed by atoms with Crippen molar-refractivity contribution in [3.63, 3.8) is 0 Å². The Morgan fingerprint density at radius 3 is 1.82 bits per heavy atom. The van der Waals surface area contributed by atoms with Gasteiger partial charge in [-0.3, -0.25) is 4.98 Å². The molecule has 1 nitrogen and oxygen atoms in total. The molecule has 0 radical (unpaired) electrons. The van der Waals surface area contributed by atoms with Crippen LogP contribution >= 0.6 is 0 Å². The van der Waals surface area contributed by atoms with Crippen LogP contribution in [0.1, 0.15) is 51.5 Å². The summed E-state index contributed by atoms with van der Waals surface area (Å²) in [6.07, 6.45) is 6.49. The van der Waals surface area contributed by atoms with E-state index in [2.05, 4.69) is 50.4 Å². The van der Waals surface area contributed by atoms with Gasteiger partial charge in [0.25, 0.3) is 0 Å². The van der Waals surface area contributed by atoms with Crippen molar-refractivity contribution in [1.29, 1.82) is 0 Å². The van der Waals surface area contributed by atoms with Crippen molar-refractivity contribution in [3.05, 3.63) is 28.6 Å². The molecule has 0 aliphatic rings. The molecule has 96 valence electrons. The fourth-order valence-corrected chi connectivity index (χ4v) is 2.15. The summed E-state index contributed by atoms with van der Waals surface area (Å²) in [6.45, 7) is 8.87. The van der Waals surface area contributed by atoms with Crippen molar-refractivity contribution < 1.29 is 1.43 Å². The van der Waals surface area contributed by atoms with Crippen LogP contribution in [0.5, 0.6) is 0 Å². The SMILES string of the molecule is CCc1cnc(CC)c(CC)c1CC.[CH3][Al+][CH3].[H-]. The second-order valence-electron chi connectivity index (χ2n) is 4.18. The van der Waals surface area contributed by atoms with E-state index in [4.69, 9.17) is 0 Å². The Morgan fingerprint density at radius 1 is 0.941 bits per heavy atom. The fourth-order valence-electron chi connectivity index (χ4n) is 2.15. The first kappa shape index (κ1) is 16.7. The third-order valence-corrected chi connectivity index (χ3v) is 2.90. The van der Waals surface area contributed by atoms with Crippen LogP contribution in [0.4, 0.5) is 0 Å². The van der Waals surface area contributed by atoms with Crippen molar-refractivity contribution in [2.24, 2.45) is 0 Å². The van der Waals surface area contributed by atoms with E-state index in [1.807, 2.05) is 0 Å². The smallest absolute Gasteiger partial charge is 1.00 e. The molecule has 1 aromatic rings. The molecule has 1 rings (SSSR count). The van der Waals surface area contributed by atoms with Gasteiger partial charge in [0.15, 0.2) is 0 Å². The first-order valence-corrected chi connectivity index (χ1v) is 9.23. The predicted molar refractivity (Wildman–Crippen MR) is 80.3 cm³/mol. The van der Waals surface area contributed by atoms with Gasteiger partial charge in [0, 0.05) is 11.9 Å². The van der Waals surface area contributed by atoms with Gasteiger partial charge in [-0.15, -0.1) is 0 Å². The average molecular weight is 249 g/mol. The molecule has 1 aromatic heterocycles. The van der Waals surface area contributed by atoms with Gasteiger partial charge >= 0.3 is 26.8 Å². The number of hydrogen-bond donors (Lipinski definition) is 0. The Bertz CT molecular complexity index is 296. The summed E-state index contributed by atoms with van der Waals surface area (Å²) in [6, 6.07) is 0. The summed E-state index contributed by atoms with van der Waals surface area (Å²) in [7, 11) is 0. The molecule has 0 amide bonds. The number of aryl methyl sites for hydroxylation is 2. The van der Waals surface area contributed by atoms with Crippen LogP contribution in [0.2, 0.25) is 11.6 Å². The maximum Gasteiger partial charge on any atom is -1.00 e. The maximum atomic E-state index is 4.55. The summed E-state index contributed by atoms with van der Waals surface area (Å²) >= 11 is 0.750. The van der Waals surface area contributed by atoms with Crippen molar-refractivity contribution in [3.8, 4) is 0 Å². The molecule has 0 saturated carbocycles. The molecule has 1 heterocycles. The minimum absolute atomic E-state index is 0. The zero-order valence-corrected chi connectivity index (χ0v) is 13.6. The molecule has 0 bridgehead atoms. The number of rotatable bonds is 4. The standard InChI is InChI=1S/C13H21N.2CH3.Al.H/c1-5-10-9-14-13(8-4)12(7-3)11(10)6-2;;;;/h9H,5-8H2,1-4H3;2*1H3;;/q;;;+1;-1. The van der Waals surface area contributed by atoms with Gasteiger partial charge in [0.05, 0.1) is 0 Å². The van der Waals surface area contributed by atoms with E-state index in [9.17, 15) is 0 Å². The van der Waals surface area contributed by atoms with Crippen molar-refractivity contribution in [2.75, 3.05) is 0 Å². The Morgan fingerprint density at radius 2 is 1.47 bits per heavy atom. The van der Waals surface area contributed by atoms with E-state index in [-0.39, 0.29) is 1.43 Å². The molecule has 0 spiro atoms. The molecule has 0 aliphatic carbocycles. The van der Waals surface area contributed by atoms with Gasteiger partial charge in [-0.2, -0.15) is 0 Å². The average Bonchev–Trinajstić information content (AvgIpc) is 2.37. The predicted octanol–water partition coefficient (Wildman–Crippen LogP) is 4.23. The Labute approximate surface area is 115 Å². The molecule has 17 heavy (non-hydrogen) atoms. The third kappa shape index (κ3) is 4.82. The number of nitrogens with zero attached hydrogens (tertiary/aromatic N) is 1. The number of pyridine rings is 1.